The molecule has 174 valence electrons. The maximum Gasteiger partial charge on any atom is 0.227 e. The van der Waals surface area contributed by atoms with E-state index in [1.54, 1.807) is 18.3 Å². The van der Waals surface area contributed by atoms with E-state index in [4.69, 9.17) is 0 Å². The number of nitrogens with one attached hydrogen (secondary N) is 2. The van der Waals surface area contributed by atoms with Gasteiger partial charge < -0.3 is 15.7 Å². The summed E-state index contributed by atoms with van der Waals surface area (Å²) in [4.78, 5) is 13.6. The van der Waals surface area contributed by atoms with Gasteiger partial charge in [-0.15, -0.1) is 0 Å². The lowest BCUT2D eigenvalue weighted by atomic mass is 9.96. The molecule has 0 radical (unpaired) electrons. The van der Waals surface area contributed by atoms with Gasteiger partial charge in [0.25, 0.3) is 0 Å². The van der Waals surface area contributed by atoms with Crippen LogP contribution in [0.4, 0.5) is 17.3 Å². The average Bonchev–Trinajstić information content (AvgIpc) is 2.80. The standard InChI is InChI=1S/C25H25N5O3S/c1-15-20(13-27-24-22(31)9-10-26-23(15)24)17-5-6-18-12-28-25(30-21(18)11-17)29-19-7-3-16(4-8-19)14-34(2,32)33/h3-8,11-13,22,26,31H,9-10,14H2,1-2H3,(H,28,29,30). The van der Waals surface area contributed by atoms with Crippen molar-refractivity contribution in [2.24, 2.45) is 0 Å². The van der Waals surface area contributed by atoms with Gasteiger partial charge in [0.2, 0.25) is 5.95 Å². The largest absolute Gasteiger partial charge is 0.387 e. The van der Waals surface area contributed by atoms with Crippen molar-refractivity contribution >= 4 is 38.1 Å². The third-order valence-corrected chi connectivity index (χ3v) is 6.79. The van der Waals surface area contributed by atoms with Gasteiger partial charge in [-0.2, -0.15) is 0 Å². The number of nitrogens with zero attached hydrogens (tertiary/aromatic N) is 3. The summed E-state index contributed by atoms with van der Waals surface area (Å²) in [5.41, 5.74) is 6.90. The highest BCUT2D eigenvalue weighted by Gasteiger charge is 2.22. The van der Waals surface area contributed by atoms with E-state index in [0.717, 1.165) is 51.1 Å². The Morgan fingerprint density at radius 3 is 2.68 bits per heavy atom. The molecule has 34 heavy (non-hydrogen) atoms. The lowest BCUT2D eigenvalue weighted by molar-refractivity contribution is 0.163. The van der Waals surface area contributed by atoms with Gasteiger partial charge in [0.15, 0.2) is 9.84 Å². The summed E-state index contributed by atoms with van der Waals surface area (Å²) in [6, 6.07) is 13.2. The minimum atomic E-state index is -3.08. The molecule has 1 aliphatic heterocycles. The van der Waals surface area contributed by atoms with E-state index < -0.39 is 15.9 Å². The second-order valence-corrected chi connectivity index (χ2v) is 10.8. The quantitative estimate of drug-likeness (QED) is 0.394. The fourth-order valence-electron chi connectivity index (χ4n) is 4.23. The highest BCUT2D eigenvalue weighted by atomic mass is 32.2. The summed E-state index contributed by atoms with van der Waals surface area (Å²) in [7, 11) is -3.08. The van der Waals surface area contributed by atoms with Crippen molar-refractivity contribution in [3.63, 3.8) is 0 Å². The van der Waals surface area contributed by atoms with Crippen molar-refractivity contribution in [3.05, 3.63) is 71.7 Å². The highest BCUT2D eigenvalue weighted by Crippen LogP contribution is 2.36. The molecule has 4 aromatic rings. The van der Waals surface area contributed by atoms with Gasteiger partial charge in [-0.1, -0.05) is 24.3 Å². The molecule has 0 amide bonds. The van der Waals surface area contributed by atoms with Gasteiger partial charge in [0.05, 0.1) is 28.8 Å². The van der Waals surface area contributed by atoms with Crippen molar-refractivity contribution < 1.29 is 13.5 Å². The monoisotopic (exact) mass is 475 g/mol. The Morgan fingerprint density at radius 1 is 1.12 bits per heavy atom. The number of benzene rings is 2. The van der Waals surface area contributed by atoms with Crippen molar-refractivity contribution in [1.82, 2.24) is 15.0 Å². The van der Waals surface area contributed by atoms with E-state index >= 15 is 0 Å². The molecule has 0 bridgehead atoms. The summed E-state index contributed by atoms with van der Waals surface area (Å²) in [5, 5.41) is 17.7. The third kappa shape index (κ3) is 4.57. The first-order valence-electron chi connectivity index (χ1n) is 11.0. The zero-order valence-electron chi connectivity index (χ0n) is 18.9. The number of sulfone groups is 1. The number of aromatic nitrogens is 3. The molecule has 5 rings (SSSR count). The van der Waals surface area contributed by atoms with Crippen molar-refractivity contribution in [2.45, 2.75) is 25.2 Å². The molecule has 3 heterocycles. The first-order chi connectivity index (χ1) is 16.3. The minimum Gasteiger partial charge on any atom is -0.387 e. The topological polar surface area (TPSA) is 117 Å². The van der Waals surface area contributed by atoms with Gasteiger partial charge in [-0.25, -0.2) is 18.4 Å². The Kier molecular flexibility index (Phi) is 5.66. The molecule has 0 spiro atoms. The molecule has 0 aliphatic carbocycles. The SMILES string of the molecule is Cc1c(-c2ccc3cnc(Nc4ccc(CS(C)(=O)=O)cc4)nc3c2)cnc2c1NCCC2O. The molecule has 8 nitrogen and oxygen atoms in total. The number of hydrogen-bond acceptors (Lipinski definition) is 8. The van der Waals surface area contributed by atoms with Gasteiger partial charge in [0.1, 0.15) is 0 Å². The van der Waals surface area contributed by atoms with Crippen LogP contribution in [0, 0.1) is 6.92 Å². The van der Waals surface area contributed by atoms with Crippen LogP contribution >= 0.6 is 0 Å². The number of pyridine rings is 1. The Labute approximate surface area is 198 Å². The number of anilines is 3. The summed E-state index contributed by atoms with van der Waals surface area (Å²) in [5.74, 6) is 0.458. The van der Waals surface area contributed by atoms with Crippen LogP contribution in [0.1, 0.15) is 29.3 Å². The van der Waals surface area contributed by atoms with Crippen LogP contribution in [-0.4, -0.2) is 41.3 Å². The van der Waals surface area contributed by atoms with Crippen LogP contribution in [0.15, 0.2) is 54.9 Å². The maximum atomic E-state index is 11.5. The Balaban J connectivity index is 1.43. The van der Waals surface area contributed by atoms with Crippen LogP contribution in [-0.2, 0) is 15.6 Å². The second-order valence-electron chi connectivity index (χ2n) is 8.65. The second kappa shape index (κ2) is 8.66. The van der Waals surface area contributed by atoms with Crippen molar-refractivity contribution in [3.8, 4) is 11.1 Å². The number of hydrogen-bond donors (Lipinski definition) is 3. The lowest BCUT2D eigenvalue weighted by Crippen LogP contribution is -2.19. The average molecular weight is 476 g/mol. The highest BCUT2D eigenvalue weighted by molar-refractivity contribution is 7.89. The summed E-state index contributed by atoms with van der Waals surface area (Å²) >= 11 is 0. The van der Waals surface area contributed by atoms with Gasteiger partial charge >= 0.3 is 0 Å². The zero-order valence-corrected chi connectivity index (χ0v) is 19.7. The van der Waals surface area contributed by atoms with E-state index in [-0.39, 0.29) is 5.75 Å². The summed E-state index contributed by atoms with van der Waals surface area (Å²) in [6.45, 7) is 2.75. The lowest BCUT2D eigenvalue weighted by Gasteiger charge is -2.25. The molecule has 0 saturated heterocycles. The molecule has 1 unspecified atom stereocenters. The zero-order chi connectivity index (χ0) is 23.9. The first kappa shape index (κ1) is 22.2. The Hall–Kier alpha value is -3.56. The van der Waals surface area contributed by atoms with Gasteiger partial charge in [-0.05, 0) is 48.2 Å². The summed E-state index contributed by atoms with van der Waals surface area (Å²) < 4.78 is 23.0. The Bertz CT molecular complexity index is 1490. The predicted octanol–water partition coefficient (Wildman–Crippen LogP) is 4.14. The molecule has 0 saturated carbocycles. The molecule has 1 aliphatic rings. The molecular weight excluding hydrogens is 450 g/mol. The van der Waals surface area contributed by atoms with Crippen LogP contribution in [0.3, 0.4) is 0 Å². The molecule has 2 aromatic heterocycles. The first-order valence-corrected chi connectivity index (χ1v) is 13.1. The third-order valence-electron chi connectivity index (χ3n) is 5.94. The van der Waals surface area contributed by atoms with Crippen molar-refractivity contribution in [1.29, 1.82) is 0 Å². The van der Waals surface area contributed by atoms with E-state index in [1.807, 2.05) is 43.5 Å². The van der Waals surface area contributed by atoms with E-state index in [1.165, 1.54) is 6.26 Å². The van der Waals surface area contributed by atoms with Crippen LogP contribution in [0.5, 0.6) is 0 Å². The smallest absolute Gasteiger partial charge is 0.227 e. The van der Waals surface area contributed by atoms with E-state index in [0.29, 0.717) is 18.1 Å². The van der Waals surface area contributed by atoms with Crippen molar-refractivity contribution in [2.75, 3.05) is 23.4 Å². The Morgan fingerprint density at radius 2 is 1.91 bits per heavy atom. The molecule has 0 fully saturated rings. The van der Waals surface area contributed by atoms with E-state index in [9.17, 15) is 13.5 Å². The maximum absolute atomic E-state index is 11.5. The van der Waals surface area contributed by atoms with Crippen LogP contribution in [0.25, 0.3) is 22.0 Å². The van der Waals surface area contributed by atoms with Gasteiger partial charge in [0, 0.05) is 41.8 Å². The molecular formula is C25H25N5O3S. The predicted molar refractivity (Wildman–Crippen MR) is 134 cm³/mol. The number of rotatable bonds is 5. The minimum absolute atomic E-state index is 0.00792. The fraction of sp³-hybridized carbons (Fsp3) is 0.240. The molecule has 2 aromatic carbocycles. The van der Waals surface area contributed by atoms with Crippen LogP contribution < -0.4 is 10.6 Å². The number of fused-ring (bicyclic) bond motifs is 2. The van der Waals surface area contributed by atoms with Crippen LogP contribution in [0.2, 0.25) is 0 Å². The summed E-state index contributed by atoms with van der Waals surface area (Å²) in [6.07, 6.45) is 4.91. The fourth-order valence-corrected chi connectivity index (χ4v) is 5.02. The van der Waals surface area contributed by atoms with Gasteiger partial charge in [-0.3, -0.25) is 4.98 Å². The number of aliphatic hydroxyl groups excluding tert-OH is 1. The molecule has 9 heteroatoms. The van der Waals surface area contributed by atoms with E-state index in [2.05, 4.69) is 25.6 Å². The molecule has 3 N–H and O–H groups in total. The molecule has 1 atom stereocenters. The number of aliphatic hydroxyl groups is 1. The normalized spacial score (nSPS) is 15.6.